The van der Waals surface area contributed by atoms with E-state index in [-0.39, 0.29) is 0 Å². The van der Waals surface area contributed by atoms with Crippen LogP contribution >= 0.6 is 0 Å². The van der Waals surface area contributed by atoms with Crippen molar-refractivity contribution in [3.8, 4) is 0 Å². The third-order valence-corrected chi connectivity index (χ3v) is 1.14. The van der Waals surface area contributed by atoms with Gasteiger partial charge in [-0.05, 0) is 0 Å². The quantitative estimate of drug-likeness (QED) is 0.332. The van der Waals surface area contributed by atoms with Crippen LogP contribution in [0.3, 0.4) is 0 Å². The lowest BCUT2D eigenvalue weighted by molar-refractivity contribution is -0.108. The van der Waals surface area contributed by atoms with E-state index in [1.165, 1.54) is 0 Å². The van der Waals surface area contributed by atoms with Gasteiger partial charge in [0.1, 0.15) is 18.8 Å². The monoisotopic (exact) mass is 138 g/mol. The van der Waals surface area contributed by atoms with Gasteiger partial charge in [0, 0.05) is 0 Å². The van der Waals surface area contributed by atoms with Gasteiger partial charge in [0.2, 0.25) is 6.41 Å². The van der Waals surface area contributed by atoms with Gasteiger partial charge >= 0.3 is 0 Å². The number of allylic oxidation sites excluding steroid dienone is 1. The average molecular weight is 138 g/mol. The van der Waals surface area contributed by atoms with Gasteiger partial charge < -0.3 is 11.1 Å². The zero-order valence-corrected chi connectivity index (χ0v) is 5.35. The Hall–Kier alpha value is -1.54. The summed E-state index contributed by atoms with van der Waals surface area (Å²) < 4.78 is 0. The van der Waals surface area contributed by atoms with E-state index in [0.29, 0.717) is 24.3 Å². The SMILES string of the molecule is NC1=C(NC=O)[C+]=CNC1. The molecule has 0 aliphatic carbocycles. The summed E-state index contributed by atoms with van der Waals surface area (Å²) in [5.41, 5.74) is 6.62. The first kappa shape index (κ1) is 6.58. The molecule has 0 unspecified atom stereocenters. The Kier molecular flexibility index (Phi) is 1.87. The predicted octanol–water partition coefficient (Wildman–Crippen LogP) is -1.18. The maximum Gasteiger partial charge on any atom is 0.291 e. The van der Waals surface area contributed by atoms with E-state index in [1.54, 1.807) is 6.20 Å². The number of amides is 1. The van der Waals surface area contributed by atoms with Crippen molar-refractivity contribution >= 4 is 6.41 Å². The molecule has 4 nitrogen and oxygen atoms in total. The predicted molar refractivity (Wildman–Crippen MR) is 36.2 cm³/mol. The summed E-state index contributed by atoms with van der Waals surface area (Å²) in [7, 11) is 0. The molecule has 1 heterocycles. The largest absolute Gasteiger partial charge is 0.344 e. The molecular formula is C6H8N3O+. The van der Waals surface area contributed by atoms with Gasteiger partial charge in [0.15, 0.2) is 5.70 Å². The van der Waals surface area contributed by atoms with Gasteiger partial charge in [-0.3, -0.25) is 10.1 Å². The van der Waals surface area contributed by atoms with Crippen LogP contribution in [-0.4, -0.2) is 13.0 Å². The van der Waals surface area contributed by atoms with E-state index in [4.69, 9.17) is 5.73 Å². The maximum atomic E-state index is 9.94. The number of hydrogen-bond acceptors (Lipinski definition) is 3. The van der Waals surface area contributed by atoms with Crippen LogP contribution in [0.15, 0.2) is 17.6 Å². The molecule has 0 spiro atoms. The lowest BCUT2D eigenvalue weighted by atomic mass is 10.3. The molecule has 0 aromatic heterocycles. The second-order valence-corrected chi connectivity index (χ2v) is 1.83. The van der Waals surface area contributed by atoms with Crippen molar-refractivity contribution in [3.05, 3.63) is 23.7 Å². The maximum absolute atomic E-state index is 9.94. The normalized spacial score (nSPS) is 15.6. The molecule has 0 saturated carbocycles. The van der Waals surface area contributed by atoms with Crippen LogP contribution in [-0.2, 0) is 4.79 Å². The van der Waals surface area contributed by atoms with Gasteiger partial charge in [-0.2, -0.15) is 0 Å². The standard InChI is InChI=1S/C6H7N3O/c7-5-3-8-2-1-6(5)9-4-10/h2,4,8H,3,7H2/p+1. The van der Waals surface area contributed by atoms with Crippen molar-refractivity contribution in [1.29, 1.82) is 0 Å². The molecule has 1 rings (SSSR count). The molecule has 0 atom stereocenters. The zero-order valence-electron chi connectivity index (χ0n) is 5.35. The highest BCUT2D eigenvalue weighted by Gasteiger charge is 2.14. The van der Waals surface area contributed by atoms with Crippen LogP contribution in [0, 0.1) is 6.08 Å². The summed E-state index contributed by atoms with van der Waals surface area (Å²) in [6, 6.07) is 0. The number of rotatable bonds is 2. The van der Waals surface area contributed by atoms with Crippen LogP contribution in [0.1, 0.15) is 0 Å². The lowest BCUT2D eigenvalue weighted by Crippen LogP contribution is -2.26. The molecule has 4 N–H and O–H groups in total. The van der Waals surface area contributed by atoms with Gasteiger partial charge in [0.05, 0.1) is 0 Å². The number of carbonyl (C=O) groups is 1. The van der Waals surface area contributed by atoms with Crippen molar-refractivity contribution < 1.29 is 4.79 Å². The fourth-order valence-corrected chi connectivity index (χ4v) is 0.659. The first-order valence-corrected chi connectivity index (χ1v) is 2.85. The summed E-state index contributed by atoms with van der Waals surface area (Å²) in [6.07, 6.45) is 4.94. The average Bonchev–Trinajstić information content (AvgIpc) is 1.94. The van der Waals surface area contributed by atoms with Gasteiger partial charge in [-0.15, -0.1) is 0 Å². The smallest absolute Gasteiger partial charge is 0.291 e. The highest BCUT2D eigenvalue weighted by atomic mass is 16.1. The molecule has 0 radical (unpaired) electrons. The van der Waals surface area contributed by atoms with Crippen molar-refractivity contribution in [2.24, 2.45) is 5.73 Å². The molecule has 52 valence electrons. The van der Waals surface area contributed by atoms with Crippen LogP contribution < -0.4 is 16.4 Å². The Bertz CT molecular complexity index is 195. The zero-order chi connectivity index (χ0) is 7.40. The molecular weight excluding hydrogens is 130 g/mol. The molecule has 0 bridgehead atoms. The topological polar surface area (TPSA) is 67.1 Å². The van der Waals surface area contributed by atoms with Crippen LogP contribution in [0.2, 0.25) is 0 Å². The summed E-state index contributed by atoms with van der Waals surface area (Å²) in [4.78, 5) is 9.94. The Morgan fingerprint density at radius 1 is 1.90 bits per heavy atom. The molecule has 0 aromatic carbocycles. The van der Waals surface area contributed by atoms with Crippen LogP contribution in [0.4, 0.5) is 0 Å². The molecule has 0 aromatic rings. The summed E-state index contributed by atoms with van der Waals surface area (Å²) >= 11 is 0. The molecule has 0 saturated heterocycles. The third-order valence-electron chi connectivity index (χ3n) is 1.14. The third kappa shape index (κ3) is 1.24. The van der Waals surface area contributed by atoms with Crippen molar-refractivity contribution in [3.63, 3.8) is 0 Å². The molecule has 1 amide bonds. The highest BCUT2D eigenvalue weighted by Crippen LogP contribution is 1.97. The first-order chi connectivity index (χ1) is 4.84. The Balaban J connectivity index is 2.69. The van der Waals surface area contributed by atoms with E-state index in [0.717, 1.165) is 0 Å². The van der Waals surface area contributed by atoms with Gasteiger partial charge in [-0.25, -0.2) is 0 Å². The fourth-order valence-electron chi connectivity index (χ4n) is 0.659. The van der Waals surface area contributed by atoms with E-state index in [2.05, 4.69) is 16.7 Å². The van der Waals surface area contributed by atoms with Crippen LogP contribution in [0.5, 0.6) is 0 Å². The lowest BCUT2D eigenvalue weighted by Gasteiger charge is -2.00. The minimum Gasteiger partial charge on any atom is -0.344 e. The van der Waals surface area contributed by atoms with Crippen molar-refractivity contribution in [2.45, 2.75) is 0 Å². The van der Waals surface area contributed by atoms with Crippen LogP contribution in [0.25, 0.3) is 0 Å². The number of carbonyl (C=O) groups excluding carboxylic acids is 1. The Morgan fingerprint density at radius 2 is 2.70 bits per heavy atom. The summed E-state index contributed by atoms with van der Waals surface area (Å²) in [6.45, 7) is 0.559. The fraction of sp³-hybridized carbons (Fsp3) is 0.167. The molecule has 4 heteroatoms. The van der Waals surface area contributed by atoms with E-state index in [1.807, 2.05) is 0 Å². The van der Waals surface area contributed by atoms with E-state index in [9.17, 15) is 4.79 Å². The van der Waals surface area contributed by atoms with E-state index < -0.39 is 0 Å². The van der Waals surface area contributed by atoms with E-state index >= 15 is 0 Å². The number of dihydropyridines is 1. The molecule has 10 heavy (non-hydrogen) atoms. The number of hydrogen-bond donors (Lipinski definition) is 3. The minimum atomic E-state index is 0.550. The van der Waals surface area contributed by atoms with Crippen molar-refractivity contribution in [2.75, 3.05) is 6.54 Å². The summed E-state index contributed by atoms with van der Waals surface area (Å²) in [5.74, 6) is 0. The highest BCUT2D eigenvalue weighted by molar-refractivity contribution is 5.52. The second-order valence-electron chi connectivity index (χ2n) is 1.83. The molecule has 1 aliphatic heterocycles. The Labute approximate surface area is 58.8 Å². The first-order valence-electron chi connectivity index (χ1n) is 2.85. The molecule has 1 aliphatic rings. The number of nitrogens with two attached hydrogens (primary N) is 1. The van der Waals surface area contributed by atoms with Gasteiger partial charge in [-0.1, -0.05) is 0 Å². The Morgan fingerprint density at radius 3 is 3.30 bits per heavy atom. The number of nitrogens with one attached hydrogen (secondary N) is 2. The van der Waals surface area contributed by atoms with Crippen molar-refractivity contribution in [1.82, 2.24) is 10.6 Å². The minimum absolute atomic E-state index is 0.550. The summed E-state index contributed by atoms with van der Waals surface area (Å²) in [5, 5.41) is 5.27. The van der Waals surface area contributed by atoms with Gasteiger partial charge in [0.25, 0.3) is 5.70 Å². The molecule has 0 fully saturated rings. The second kappa shape index (κ2) is 2.85.